The third-order valence-electron chi connectivity index (χ3n) is 6.59. The van der Waals surface area contributed by atoms with Gasteiger partial charge in [0.2, 0.25) is 5.91 Å². The van der Waals surface area contributed by atoms with Crippen molar-refractivity contribution in [2.45, 2.75) is 60.5 Å². The number of amides is 3. The highest BCUT2D eigenvalue weighted by Gasteiger charge is 2.23. The zero-order chi connectivity index (χ0) is 27.7. The Morgan fingerprint density at radius 3 is 2.29 bits per heavy atom. The number of rotatable bonds is 12. The van der Waals surface area contributed by atoms with Gasteiger partial charge in [0.1, 0.15) is 6.54 Å². The zero-order valence-corrected chi connectivity index (χ0v) is 24.9. The first-order valence-electron chi connectivity index (χ1n) is 13.5. The highest BCUT2D eigenvalue weighted by molar-refractivity contribution is 9.10. The maximum atomic E-state index is 13.7. The Bertz CT molecular complexity index is 1180. The van der Waals surface area contributed by atoms with Gasteiger partial charge in [0.15, 0.2) is 0 Å². The lowest BCUT2D eigenvalue weighted by molar-refractivity contribution is -0.132. The molecule has 0 aliphatic carbocycles. The number of urea groups is 1. The number of hydrogen-bond donors (Lipinski definition) is 1. The van der Waals surface area contributed by atoms with Gasteiger partial charge in [0.25, 0.3) is 0 Å². The number of halogens is 1. The maximum Gasteiger partial charge on any atom is 0.322 e. The smallest absolute Gasteiger partial charge is 0.322 e. The van der Waals surface area contributed by atoms with Crippen molar-refractivity contribution >= 4 is 33.6 Å². The van der Waals surface area contributed by atoms with E-state index >= 15 is 0 Å². The number of benzene rings is 2. The van der Waals surface area contributed by atoms with E-state index in [1.54, 1.807) is 4.90 Å². The van der Waals surface area contributed by atoms with Gasteiger partial charge in [0.05, 0.1) is 6.54 Å². The number of hydrogen-bond acceptors (Lipinski definition) is 2. The number of carbonyl (C=O) groups excluding carboxylic acids is 2. The van der Waals surface area contributed by atoms with Crippen LogP contribution in [0.15, 0.2) is 65.3 Å². The standard InChI is InChI=1S/C31H41BrN4O2/c1-6-7-17-35(21-28-12-9-18-34(28)20-26-13-15-27(32)16-14-26)29(37)22-36(19-23(2)3)31(38)33-30-24(4)10-8-11-25(30)5/h8-16,18,23H,6-7,17,19-22H2,1-5H3,(H,33,38). The van der Waals surface area contributed by atoms with Crippen LogP contribution in [0, 0.1) is 19.8 Å². The predicted molar refractivity (Wildman–Crippen MR) is 159 cm³/mol. The molecule has 7 heteroatoms. The molecule has 0 unspecified atom stereocenters. The molecule has 0 aliphatic heterocycles. The molecule has 1 aromatic heterocycles. The van der Waals surface area contributed by atoms with E-state index in [0.717, 1.165) is 46.4 Å². The molecular formula is C31H41BrN4O2. The number of anilines is 1. The van der Waals surface area contributed by atoms with Crippen LogP contribution in [0.25, 0.3) is 0 Å². The van der Waals surface area contributed by atoms with Crippen LogP contribution in [0.1, 0.15) is 56.0 Å². The average molecular weight is 582 g/mol. The van der Waals surface area contributed by atoms with Gasteiger partial charge in [-0.25, -0.2) is 4.79 Å². The minimum atomic E-state index is -0.237. The van der Waals surface area contributed by atoms with Gasteiger partial charge in [-0.1, -0.05) is 73.5 Å². The van der Waals surface area contributed by atoms with Gasteiger partial charge in [-0.05, 0) is 67.1 Å². The summed E-state index contributed by atoms with van der Waals surface area (Å²) in [6, 6.07) is 18.1. The molecule has 2 aromatic carbocycles. The average Bonchev–Trinajstić information content (AvgIpc) is 3.31. The van der Waals surface area contributed by atoms with Gasteiger partial charge < -0.3 is 19.7 Å². The SMILES string of the molecule is CCCCN(Cc1cccn1Cc1ccc(Br)cc1)C(=O)CN(CC(C)C)C(=O)Nc1c(C)cccc1C. The summed E-state index contributed by atoms with van der Waals surface area (Å²) < 4.78 is 3.24. The first-order chi connectivity index (χ1) is 18.2. The molecule has 1 heterocycles. The highest BCUT2D eigenvalue weighted by Crippen LogP contribution is 2.20. The number of aromatic nitrogens is 1. The van der Waals surface area contributed by atoms with Crippen LogP contribution in [-0.4, -0.2) is 45.9 Å². The highest BCUT2D eigenvalue weighted by atomic mass is 79.9. The van der Waals surface area contributed by atoms with Crippen molar-refractivity contribution in [1.82, 2.24) is 14.4 Å². The molecule has 0 saturated heterocycles. The Labute approximate surface area is 236 Å². The van der Waals surface area contributed by atoms with E-state index in [0.29, 0.717) is 19.6 Å². The third-order valence-corrected chi connectivity index (χ3v) is 7.12. The first-order valence-corrected chi connectivity index (χ1v) is 14.3. The lowest BCUT2D eigenvalue weighted by atomic mass is 10.1. The summed E-state index contributed by atoms with van der Waals surface area (Å²) in [5, 5.41) is 3.07. The molecule has 3 rings (SSSR count). The fourth-order valence-electron chi connectivity index (χ4n) is 4.49. The first kappa shape index (κ1) is 29.5. The van der Waals surface area contributed by atoms with E-state index in [1.165, 1.54) is 5.56 Å². The number of nitrogens with zero attached hydrogens (tertiary/aromatic N) is 3. The van der Waals surface area contributed by atoms with E-state index in [-0.39, 0.29) is 24.4 Å². The van der Waals surface area contributed by atoms with Crippen molar-refractivity contribution in [2.24, 2.45) is 5.92 Å². The van der Waals surface area contributed by atoms with Crippen LogP contribution in [0.5, 0.6) is 0 Å². The number of para-hydroxylation sites is 1. The van der Waals surface area contributed by atoms with Crippen LogP contribution in [0.2, 0.25) is 0 Å². The Balaban J connectivity index is 1.75. The number of carbonyl (C=O) groups is 2. The molecule has 0 aliphatic rings. The van der Waals surface area contributed by atoms with Crippen LogP contribution in [0.4, 0.5) is 10.5 Å². The van der Waals surface area contributed by atoms with Crippen molar-refractivity contribution in [3.63, 3.8) is 0 Å². The summed E-state index contributed by atoms with van der Waals surface area (Å²) in [7, 11) is 0. The predicted octanol–water partition coefficient (Wildman–Crippen LogP) is 7.23. The lowest BCUT2D eigenvalue weighted by Crippen LogP contribution is -2.46. The molecule has 0 fully saturated rings. The topological polar surface area (TPSA) is 57.6 Å². The fraction of sp³-hybridized carbons (Fsp3) is 0.419. The Kier molecular flexibility index (Phi) is 11.0. The third kappa shape index (κ3) is 8.48. The van der Waals surface area contributed by atoms with Gasteiger partial charge in [-0.3, -0.25) is 4.79 Å². The number of aryl methyl sites for hydroxylation is 2. The van der Waals surface area contributed by atoms with E-state index in [1.807, 2.05) is 55.1 Å². The second kappa shape index (κ2) is 14.2. The van der Waals surface area contributed by atoms with Gasteiger partial charge in [0, 0.05) is 41.7 Å². The maximum absolute atomic E-state index is 13.7. The summed E-state index contributed by atoms with van der Waals surface area (Å²) in [4.78, 5) is 30.6. The lowest BCUT2D eigenvalue weighted by Gasteiger charge is -2.29. The molecule has 0 saturated carbocycles. The molecule has 0 atom stereocenters. The van der Waals surface area contributed by atoms with E-state index in [9.17, 15) is 9.59 Å². The van der Waals surface area contributed by atoms with Crippen LogP contribution >= 0.6 is 15.9 Å². The molecule has 0 bridgehead atoms. The van der Waals surface area contributed by atoms with E-state index in [2.05, 4.69) is 71.0 Å². The summed E-state index contributed by atoms with van der Waals surface area (Å²) in [6.45, 7) is 12.7. The zero-order valence-electron chi connectivity index (χ0n) is 23.3. The van der Waals surface area contributed by atoms with Crippen molar-refractivity contribution in [3.8, 4) is 0 Å². The summed E-state index contributed by atoms with van der Waals surface area (Å²) in [6.07, 6.45) is 3.97. The van der Waals surface area contributed by atoms with Gasteiger partial charge in [-0.15, -0.1) is 0 Å². The summed E-state index contributed by atoms with van der Waals surface area (Å²) in [5.41, 5.74) is 5.10. The Morgan fingerprint density at radius 1 is 0.974 bits per heavy atom. The minimum absolute atomic E-state index is 0.0350. The molecular weight excluding hydrogens is 540 g/mol. The Hall–Kier alpha value is -3.06. The second-order valence-electron chi connectivity index (χ2n) is 10.4. The van der Waals surface area contributed by atoms with Gasteiger partial charge >= 0.3 is 6.03 Å². The monoisotopic (exact) mass is 580 g/mol. The second-order valence-corrected chi connectivity index (χ2v) is 11.3. The van der Waals surface area contributed by atoms with E-state index in [4.69, 9.17) is 0 Å². The molecule has 0 radical (unpaired) electrons. The minimum Gasteiger partial charge on any atom is -0.345 e. The summed E-state index contributed by atoms with van der Waals surface area (Å²) in [5.74, 6) is 0.200. The molecule has 3 aromatic rings. The molecule has 6 nitrogen and oxygen atoms in total. The van der Waals surface area contributed by atoms with Crippen molar-refractivity contribution < 1.29 is 9.59 Å². The summed E-state index contributed by atoms with van der Waals surface area (Å²) >= 11 is 3.50. The van der Waals surface area contributed by atoms with Crippen LogP contribution < -0.4 is 5.32 Å². The van der Waals surface area contributed by atoms with Crippen LogP contribution in [0.3, 0.4) is 0 Å². The normalized spacial score (nSPS) is 11.0. The van der Waals surface area contributed by atoms with E-state index < -0.39 is 0 Å². The number of nitrogens with one attached hydrogen (secondary N) is 1. The van der Waals surface area contributed by atoms with Crippen molar-refractivity contribution in [1.29, 1.82) is 0 Å². The fourth-order valence-corrected chi connectivity index (χ4v) is 4.76. The number of unbranched alkanes of at least 4 members (excludes halogenated alkanes) is 1. The van der Waals surface area contributed by atoms with Gasteiger partial charge in [-0.2, -0.15) is 0 Å². The molecule has 3 amide bonds. The quantitative estimate of drug-likeness (QED) is 0.245. The largest absolute Gasteiger partial charge is 0.345 e. The van der Waals surface area contributed by atoms with Crippen molar-refractivity contribution in [2.75, 3.05) is 25.0 Å². The van der Waals surface area contributed by atoms with Crippen molar-refractivity contribution in [3.05, 3.63) is 87.7 Å². The molecule has 204 valence electrons. The molecule has 38 heavy (non-hydrogen) atoms. The van der Waals surface area contributed by atoms with Crippen LogP contribution in [-0.2, 0) is 17.9 Å². The molecule has 0 spiro atoms. The molecule has 1 N–H and O–H groups in total. The Morgan fingerprint density at radius 2 is 1.66 bits per heavy atom.